The Balaban J connectivity index is 1.57. The lowest BCUT2D eigenvalue weighted by Gasteiger charge is -2.22. The molecule has 23 heavy (non-hydrogen) atoms. The van der Waals surface area contributed by atoms with Crippen molar-refractivity contribution in [2.24, 2.45) is 0 Å². The smallest absolute Gasteiger partial charge is 0.234 e. The van der Waals surface area contributed by atoms with E-state index in [1.165, 1.54) is 19.3 Å². The fourth-order valence-corrected chi connectivity index (χ4v) is 2.73. The van der Waals surface area contributed by atoms with Gasteiger partial charge in [-0.25, -0.2) is 0 Å². The number of nitrogens with one attached hydrogen (secondary N) is 1. The monoisotopic (exact) mass is 308 g/mol. The summed E-state index contributed by atoms with van der Waals surface area (Å²) in [7, 11) is 0. The lowest BCUT2D eigenvalue weighted by atomic mass is 9.98. The van der Waals surface area contributed by atoms with Crippen LogP contribution in [0, 0.1) is 11.3 Å². The Kier molecular flexibility index (Phi) is 5.05. The number of nitriles is 1. The van der Waals surface area contributed by atoms with Gasteiger partial charge in [-0.2, -0.15) is 10.2 Å². The second-order valence-electron chi connectivity index (χ2n) is 5.78. The molecule has 1 aromatic carbocycles. The molecule has 0 atom stereocenters. The first-order chi connectivity index (χ1) is 11.3. The lowest BCUT2D eigenvalue weighted by molar-refractivity contribution is 0.148. The number of ether oxygens (including phenoxy) is 1. The minimum Gasteiger partial charge on any atom is -0.473 e. The summed E-state index contributed by atoms with van der Waals surface area (Å²) in [6.45, 7) is 0.632. The van der Waals surface area contributed by atoms with Gasteiger partial charge in [-0.05, 0) is 43.4 Å². The van der Waals surface area contributed by atoms with E-state index >= 15 is 0 Å². The highest BCUT2D eigenvalue weighted by atomic mass is 16.5. The van der Waals surface area contributed by atoms with Crippen molar-refractivity contribution in [2.75, 3.05) is 5.32 Å². The van der Waals surface area contributed by atoms with Crippen LogP contribution in [-0.4, -0.2) is 16.1 Å². The maximum absolute atomic E-state index is 8.80. The molecule has 1 heterocycles. The molecule has 2 aromatic rings. The molecule has 1 fully saturated rings. The highest BCUT2D eigenvalue weighted by Crippen LogP contribution is 2.22. The maximum atomic E-state index is 8.80. The van der Waals surface area contributed by atoms with Crippen molar-refractivity contribution in [3.05, 3.63) is 47.8 Å². The Bertz CT molecular complexity index is 672. The maximum Gasteiger partial charge on any atom is 0.234 e. The summed E-state index contributed by atoms with van der Waals surface area (Å²) in [5.41, 5.74) is 1.75. The van der Waals surface area contributed by atoms with Crippen molar-refractivity contribution in [3.8, 4) is 11.9 Å². The summed E-state index contributed by atoms with van der Waals surface area (Å²) in [6.07, 6.45) is 9.60. The first-order valence-electron chi connectivity index (χ1n) is 8.05. The minimum absolute atomic E-state index is 0.270. The number of hydrogen-bond donors (Lipinski definition) is 1. The molecule has 1 aliphatic rings. The molecule has 1 aliphatic carbocycles. The largest absolute Gasteiger partial charge is 0.473 e. The molecule has 1 N–H and O–H groups in total. The average Bonchev–Trinajstić information content (AvgIpc) is 2.62. The van der Waals surface area contributed by atoms with Crippen LogP contribution in [0.1, 0.15) is 43.2 Å². The van der Waals surface area contributed by atoms with Crippen molar-refractivity contribution in [1.82, 2.24) is 9.97 Å². The molecule has 1 saturated carbocycles. The van der Waals surface area contributed by atoms with Crippen molar-refractivity contribution < 1.29 is 4.74 Å². The first-order valence-corrected chi connectivity index (χ1v) is 8.05. The first kappa shape index (κ1) is 15.3. The van der Waals surface area contributed by atoms with Crippen molar-refractivity contribution >= 4 is 5.82 Å². The van der Waals surface area contributed by atoms with E-state index < -0.39 is 0 Å². The molecule has 0 radical (unpaired) electrons. The number of anilines is 1. The van der Waals surface area contributed by atoms with Crippen LogP contribution in [0.5, 0.6) is 5.88 Å². The van der Waals surface area contributed by atoms with Crippen molar-refractivity contribution in [3.63, 3.8) is 0 Å². The van der Waals surface area contributed by atoms with E-state index in [9.17, 15) is 0 Å². The normalized spacial score (nSPS) is 14.9. The summed E-state index contributed by atoms with van der Waals surface area (Å²) in [5, 5.41) is 12.0. The van der Waals surface area contributed by atoms with E-state index in [1.807, 2.05) is 24.3 Å². The van der Waals surface area contributed by atoms with Gasteiger partial charge >= 0.3 is 0 Å². The SMILES string of the molecule is N#Cc1ccc(CNc2cncc(OC3CCCCC3)n2)cc1. The van der Waals surface area contributed by atoms with Gasteiger partial charge in [-0.3, -0.25) is 4.98 Å². The topological polar surface area (TPSA) is 70.8 Å². The zero-order chi connectivity index (χ0) is 15.9. The van der Waals surface area contributed by atoms with Gasteiger partial charge in [-0.15, -0.1) is 0 Å². The zero-order valence-corrected chi connectivity index (χ0v) is 13.0. The van der Waals surface area contributed by atoms with Gasteiger partial charge in [0.05, 0.1) is 24.0 Å². The molecule has 118 valence electrons. The summed E-state index contributed by atoms with van der Waals surface area (Å²) in [6, 6.07) is 9.60. The van der Waals surface area contributed by atoms with Gasteiger partial charge in [0, 0.05) is 6.54 Å². The zero-order valence-electron chi connectivity index (χ0n) is 13.0. The number of hydrogen-bond acceptors (Lipinski definition) is 5. The third kappa shape index (κ3) is 4.43. The van der Waals surface area contributed by atoms with Gasteiger partial charge < -0.3 is 10.1 Å². The molecule has 0 aliphatic heterocycles. The van der Waals surface area contributed by atoms with Crippen LogP contribution in [0.25, 0.3) is 0 Å². The van der Waals surface area contributed by atoms with E-state index in [2.05, 4.69) is 21.4 Å². The average molecular weight is 308 g/mol. The summed E-state index contributed by atoms with van der Waals surface area (Å²) in [5.74, 6) is 1.28. The summed E-state index contributed by atoms with van der Waals surface area (Å²) in [4.78, 5) is 8.66. The van der Waals surface area contributed by atoms with Crippen LogP contribution in [-0.2, 0) is 6.54 Å². The van der Waals surface area contributed by atoms with E-state index in [-0.39, 0.29) is 6.10 Å². The molecular weight excluding hydrogens is 288 g/mol. The Labute approximate surface area is 136 Å². The van der Waals surface area contributed by atoms with Crippen LogP contribution in [0.4, 0.5) is 5.82 Å². The van der Waals surface area contributed by atoms with Gasteiger partial charge in [0.15, 0.2) is 0 Å². The Hall–Kier alpha value is -2.61. The van der Waals surface area contributed by atoms with Crippen molar-refractivity contribution in [1.29, 1.82) is 5.26 Å². The van der Waals surface area contributed by atoms with Gasteiger partial charge in [0.25, 0.3) is 0 Å². The molecule has 5 nitrogen and oxygen atoms in total. The minimum atomic E-state index is 0.270. The number of aromatic nitrogens is 2. The fourth-order valence-electron chi connectivity index (χ4n) is 2.73. The van der Waals surface area contributed by atoms with Crippen LogP contribution in [0.15, 0.2) is 36.7 Å². The van der Waals surface area contributed by atoms with Crippen LogP contribution in [0.3, 0.4) is 0 Å². The summed E-state index contributed by atoms with van der Waals surface area (Å²) < 4.78 is 5.93. The Morgan fingerprint density at radius 3 is 2.65 bits per heavy atom. The van der Waals surface area contributed by atoms with Crippen LogP contribution in [0.2, 0.25) is 0 Å². The van der Waals surface area contributed by atoms with E-state index in [1.54, 1.807) is 12.4 Å². The molecule has 0 amide bonds. The fraction of sp³-hybridized carbons (Fsp3) is 0.389. The number of nitrogens with zero attached hydrogens (tertiary/aromatic N) is 3. The Morgan fingerprint density at radius 1 is 1.13 bits per heavy atom. The van der Waals surface area contributed by atoms with Gasteiger partial charge in [0.1, 0.15) is 11.9 Å². The molecule has 0 unspecified atom stereocenters. The molecule has 0 spiro atoms. The highest BCUT2D eigenvalue weighted by Gasteiger charge is 2.15. The quantitative estimate of drug-likeness (QED) is 0.912. The predicted molar refractivity (Wildman–Crippen MR) is 88.0 cm³/mol. The molecule has 3 rings (SSSR count). The Morgan fingerprint density at radius 2 is 1.91 bits per heavy atom. The van der Waals surface area contributed by atoms with E-state index in [0.29, 0.717) is 23.8 Å². The molecule has 5 heteroatoms. The molecule has 0 bridgehead atoms. The van der Waals surface area contributed by atoms with Crippen LogP contribution < -0.4 is 10.1 Å². The molecule has 0 saturated heterocycles. The second-order valence-corrected chi connectivity index (χ2v) is 5.78. The lowest BCUT2D eigenvalue weighted by Crippen LogP contribution is -2.20. The van der Waals surface area contributed by atoms with Crippen molar-refractivity contribution in [2.45, 2.75) is 44.8 Å². The molecular formula is C18H20N4O. The number of rotatable bonds is 5. The standard InChI is InChI=1S/C18H20N4O/c19-10-14-6-8-15(9-7-14)11-21-17-12-20-13-18(22-17)23-16-4-2-1-3-5-16/h6-9,12-13,16H,1-5,11H2,(H,21,22). The third-order valence-corrected chi connectivity index (χ3v) is 4.01. The summed E-state index contributed by atoms with van der Waals surface area (Å²) >= 11 is 0. The second kappa shape index (κ2) is 7.59. The van der Waals surface area contributed by atoms with Crippen LogP contribution >= 0.6 is 0 Å². The van der Waals surface area contributed by atoms with Gasteiger partial charge in [-0.1, -0.05) is 18.6 Å². The highest BCUT2D eigenvalue weighted by molar-refractivity contribution is 5.37. The van der Waals surface area contributed by atoms with Gasteiger partial charge in [0.2, 0.25) is 5.88 Å². The van der Waals surface area contributed by atoms with E-state index in [4.69, 9.17) is 10.00 Å². The number of benzene rings is 1. The third-order valence-electron chi connectivity index (χ3n) is 4.01. The van der Waals surface area contributed by atoms with E-state index in [0.717, 1.165) is 18.4 Å². The predicted octanol–water partition coefficient (Wildman–Crippen LogP) is 3.67. The molecule has 1 aromatic heterocycles.